The molecule has 0 spiro atoms. The first-order valence-electron chi connectivity index (χ1n) is 7.78. The Bertz CT molecular complexity index is 664. The van der Waals surface area contributed by atoms with E-state index in [0.29, 0.717) is 31.6 Å². The molecule has 0 bridgehead atoms. The first-order valence-corrected chi connectivity index (χ1v) is 7.78. The van der Waals surface area contributed by atoms with Crippen LogP contribution in [-0.2, 0) is 9.59 Å². The maximum atomic E-state index is 12.8. The predicted octanol–water partition coefficient (Wildman–Crippen LogP) is 1.27. The summed E-state index contributed by atoms with van der Waals surface area (Å²) in [6, 6.07) is 4.81. The molecular weight excluding hydrogens is 317 g/mol. The van der Waals surface area contributed by atoms with Gasteiger partial charge < -0.3 is 20.6 Å². The zero-order chi connectivity index (χ0) is 17.3. The van der Waals surface area contributed by atoms with Crippen molar-refractivity contribution in [2.75, 3.05) is 18.4 Å². The minimum atomic E-state index is -0.930. The Morgan fingerprint density at radius 3 is 2.50 bits per heavy atom. The van der Waals surface area contributed by atoms with E-state index < -0.39 is 23.8 Å². The van der Waals surface area contributed by atoms with E-state index in [1.165, 1.54) is 24.3 Å². The molecule has 1 heterocycles. The number of hydrogen-bond donors (Lipinski definition) is 3. The largest absolute Gasteiger partial charge is 0.481 e. The lowest BCUT2D eigenvalue weighted by Gasteiger charge is -2.17. The van der Waals surface area contributed by atoms with Crippen LogP contribution in [0.2, 0.25) is 0 Å². The Kier molecular flexibility index (Phi) is 4.37. The number of hydrogen-bond acceptors (Lipinski definition) is 3. The summed E-state index contributed by atoms with van der Waals surface area (Å²) in [5, 5.41) is 14.2. The molecule has 1 aromatic carbocycles. The number of nitrogens with one attached hydrogen (secondary N) is 2. The lowest BCUT2D eigenvalue weighted by molar-refractivity contribution is -0.141. The van der Waals surface area contributed by atoms with Crippen molar-refractivity contribution in [1.82, 2.24) is 10.2 Å². The van der Waals surface area contributed by atoms with Crippen LogP contribution in [-0.4, -0.2) is 47.0 Å². The van der Waals surface area contributed by atoms with Crippen LogP contribution in [0.4, 0.5) is 14.9 Å². The topological polar surface area (TPSA) is 98.7 Å². The molecule has 3 atom stereocenters. The van der Waals surface area contributed by atoms with Gasteiger partial charge >= 0.3 is 12.0 Å². The first kappa shape index (κ1) is 16.2. The highest BCUT2D eigenvalue weighted by atomic mass is 19.1. The summed E-state index contributed by atoms with van der Waals surface area (Å²) < 4.78 is 12.8. The summed E-state index contributed by atoms with van der Waals surface area (Å²) in [7, 11) is 0. The smallest absolute Gasteiger partial charge is 0.319 e. The predicted molar refractivity (Wildman–Crippen MR) is 82.8 cm³/mol. The van der Waals surface area contributed by atoms with Gasteiger partial charge in [0.2, 0.25) is 5.91 Å². The number of benzene rings is 1. The molecule has 1 aliphatic heterocycles. The third kappa shape index (κ3) is 3.64. The number of carboxylic acids is 1. The first-order chi connectivity index (χ1) is 11.4. The van der Waals surface area contributed by atoms with Gasteiger partial charge in [-0.25, -0.2) is 9.18 Å². The minimum Gasteiger partial charge on any atom is -0.481 e. The number of carbonyl (C=O) groups is 3. The Hall–Kier alpha value is -2.64. The molecule has 3 unspecified atom stereocenters. The van der Waals surface area contributed by atoms with E-state index in [2.05, 4.69) is 10.6 Å². The van der Waals surface area contributed by atoms with Crippen molar-refractivity contribution in [3.63, 3.8) is 0 Å². The van der Waals surface area contributed by atoms with Crippen LogP contribution >= 0.6 is 0 Å². The highest BCUT2D eigenvalue weighted by Crippen LogP contribution is 2.40. The second kappa shape index (κ2) is 6.46. The van der Waals surface area contributed by atoms with Crippen LogP contribution in [0.25, 0.3) is 0 Å². The van der Waals surface area contributed by atoms with E-state index >= 15 is 0 Å². The summed E-state index contributed by atoms with van der Waals surface area (Å²) in [6.07, 6.45) is 1.01. The number of rotatable bonds is 4. The van der Waals surface area contributed by atoms with E-state index in [9.17, 15) is 18.8 Å². The molecule has 128 valence electrons. The van der Waals surface area contributed by atoms with Crippen molar-refractivity contribution < 1.29 is 23.9 Å². The maximum absolute atomic E-state index is 12.8. The zero-order valence-corrected chi connectivity index (χ0v) is 12.9. The molecule has 0 aromatic heterocycles. The molecule has 3 N–H and O–H groups in total. The summed E-state index contributed by atoms with van der Waals surface area (Å²) in [4.78, 5) is 36.5. The molecule has 8 heteroatoms. The Balaban J connectivity index is 1.46. The van der Waals surface area contributed by atoms with Crippen molar-refractivity contribution in [2.45, 2.75) is 18.9 Å². The normalized spacial score (nSPS) is 25.2. The fourth-order valence-corrected chi connectivity index (χ4v) is 2.94. The van der Waals surface area contributed by atoms with Gasteiger partial charge in [0, 0.05) is 24.8 Å². The van der Waals surface area contributed by atoms with Crippen LogP contribution in [0.3, 0.4) is 0 Å². The number of urea groups is 1. The lowest BCUT2D eigenvalue weighted by Crippen LogP contribution is -2.41. The number of likely N-dealkylation sites (tertiary alicyclic amines) is 1. The summed E-state index contributed by atoms with van der Waals surface area (Å²) >= 11 is 0. The summed E-state index contributed by atoms with van der Waals surface area (Å²) in [5.41, 5.74) is 0.474. The Labute approximate surface area is 137 Å². The van der Waals surface area contributed by atoms with E-state index in [1.807, 2.05) is 0 Å². The molecule has 3 amide bonds. The third-order valence-electron chi connectivity index (χ3n) is 4.36. The van der Waals surface area contributed by atoms with Crippen LogP contribution in [0.1, 0.15) is 12.8 Å². The van der Waals surface area contributed by atoms with Crippen molar-refractivity contribution in [2.24, 2.45) is 11.8 Å². The molecule has 1 saturated carbocycles. The number of carboxylic acid groups (broad SMARTS) is 1. The van der Waals surface area contributed by atoms with Crippen LogP contribution < -0.4 is 10.6 Å². The molecule has 24 heavy (non-hydrogen) atoms. The molecule has 0 radical (unpaired) electrons. The van der Waals surface area contributed by atoms with Gasteiger partial charge in [0.15, 0.2) is 0 Å². The molecule has 2 fully saturated rings. The third-order valence-corrected chi connectivity index (χ3v) is 4.36. The Morgan fingerprint density at radius 1 is 1.17 bits per heavy atom. The summed E-state index contributed by atoms with van der Waals surface area (Å²) in [6.45, 7) is 0.877. The number of aliphatic carboxylic acids is 1. The fraction of sp³-hybridized carbons (Fsp3) is 0.438. The van der Waals surface area contributed by atoms with Crippen LogP contribution in [0, 0.1) is 17.7 Å². The fourth-order valence-electron chi connectivity index (χ4n) is 2.94. The van der Waals surface area contributed by atoms with Crippen molar-refractivity contribution in [3.8, 4) is 0 Å². The quantitative estimate of drug-likeness (QED) is 0.771. The maximum Gasteiger partial charge on any atom is 0.319 e. The second-order valence-corrected chi connectivity index (χ2v) is 6.16. The van der Waals surface area contributed by atoms with E-state index in [0.717, 1.165) is 0 Å². The Morgan fingerprint density at radius 2 is 1.88 bits per heavy atom. The molecule has 2 aliphatic rings. The standard InChI is InChI=1S/C16H18FN3O4/c17-9-1-3-10(4-2-9)18-16(24)19-11-5-6-20(8-11)14(21)12-7-13(12)15(22)23/h1-4,11-13H,5-8H2,(H,22,23)(H2,18,19,24). The van der Waals surface area contributed by atoms with Crippen molar-refractivity contribution in [3.05, 3.63) is 30.1 Å². The molecule has 3 rings (SSSR count). The number of carbonyl (C=O) groups excluding carboxylic acids is 2. The zero-order valence-electron chi connectivity index (χ0n) is 12.9. The van der Waals surface area contributed by atoms with Crippen molar-refractivity contribution >= 4 is 23.6 Å². The van der Waals surface area contributed by atoms with Crippen molar-refractivity contribution in [1.29, 1.82) is 0 Å². The van der Waals surface area contributed by atoms with Gasteiger partial charge in [-0.05, 0) is 37.1 Å². The van der Waals surface area contributed by atoms with Gasteiger partial charge in [0.05, 0.1) is 11.8 Å². The summed E-state index contributed by atoms with van der Waals surface area (Å²) in [5.74, 6) is -2.45. The van der Waals surface area contributed by atoms with Crippen LogP contribution in [0.5, 0.6) is 0 Å². The minimum absolute atomic E-state index is 0.148. The van der Waals surface area contributed by atoms with Gasteiger partial charge in [-0.1, -0.05) is 0 Å². The lowest BCUT2D eigenvalue weighted by atomic mass is 10.2. The molecule has 1 aromatic rings. The van der Waals surface area contributed by atoms with E-state index in [-0.39, 0.29) is 17.8 Å². The average molecular weight is 335 g/mol. The monoisotopic (exact) mass is 335 g/mol. The van der Waals surface area contributed by atoms with Gasteiger partial charge in [-0.15, -0.1) is 0 Å². The SMILES string of the molecule is O=C(Nc1ccc(F)cc1)NC1CCN(C(=O)C2CC2C(=O)O)C1. The second-order valence-electron chi connectivity index (χ2n) is 6.16. The highest BCUT2D eigenvalue weighted by Gasteiger charge is 2.50. The van der Waals surface area contributed by atoms with Crippen LogP contribution in [0.15, 0.2) is 24.3 Å². The number of anilines is 1. The number of halogens is 1. The average Bonchev–Trinajstić information content (AvgIpc) is 3.22. The van der Waals surface area contributed by atoms with Gasteiger partial charge in [0.25, 0.3) is 0 Å². The number of amides is 3. The number of nitrogens with zero attached hydrogens (tertiary/aromatic N) is 1. The van der Waals surface area contributed by atoms with Gasteiger partial charge in [-0.3, -0.25) is 9.59 Å². The molecule has 1 saturated heterocycles. The van der Waals surface area contributed by atoms with Gasteiger partial charge in [0.1, 0.15) is 5.82 Å². The molecule has 1 aliphatic carbocycles. The molecular formula is C16H18FN3O4. The van der Waals surface area contributed by atoms with E-state index in [4.69, 9.17) is 5.11 Å². The highest BCUT2D eigenvalue weighted by molar-refractivity contribution is 5.90. The van der Waals surface area contributed by atoms with E-state index in [1.54, 1.807) is 4.90 Å². The molecule has 7 nitrogen and oxygen atoms in total. The van der Waals surface area contributed by atoms with Gasteiger partial charge in [-0.2, -0.15) is 0 Å².